The van der Waals surface area contributed by atoms with Crippen molar-refractivity contribution >= 4 is 64.7 Å². The zero-order valence-electron chi connectivity index (χ0n) is 14.3. The smallest absolute Gasteiger partial charge is 0.327 e. The minimum Gasteiger partial charge on any atom is -0.382 e. The first-order valence-corrected chi connectivity index (χ1v) is 11.3. The second kappa shape index (κ2) is 6.64. The highest BCUT2D eigenvalue weighted by Gasteiger charge is 2.61. The lowest BCUT2D eigenvalue weighted by Gasteiger charge is -2.36. The van der Waals surface area contributed by atoms with Crippen molar-refractivity contribution in [3.8, 4) is 0 Å². The Kier molecular flexibility index (Phi) is 4.80. The van der Waals surface area contributed by atoms with E-state index < -0.39 is 29.5 Å². The first-order valence-electron chi connectivity index (χ1n) is 8.01. The van der Waals surface area contributed by atoms with E-state index in [0.717, 1.165) is 0 Å². The number of alkyl halides is 2. The SMILES string of the molecule is CC(C)O[P@@]1(=S)OC[C@H]2O[C@@H](n3cnc4c(N)nc(N)nc43)C(Cl)(Cl)[C@@H]2O1. The summed E-state index contributed by atoms with van der Waals surface area (Å²) in [5, 5.41) is 0. The molecule has 2 fully saturated rings. The molecule has 0 saturated carbocycles. The Morgan fingerprint density at radius 2 is 2.15 bits per heavy atom. The summed E-state index contributed by atoms with van der Waals surface area (Å²) in [6.07, 6.45) is -0.924. The molecule has 0 unspecified atom stereocenters. The molecule has 2 saturated heterocycles. The number of nitrogens with zero attached hydrogens (tertiary/aromatic N) is 4. The minimum atomic E-state index is -2.99. The van der Waals surface area contributed by atoms with Crippen LogP contribution in [-0.2, 0) is 30.1 Å². The summed E-state index contributed by atoms with van der Waals surface area (Å²) in [7, 11) is 0. The van der Waals surface area contributed by atoms with Crippen LogP contribution in [0.25, 0.3) is 11.2 Å². The van der Waals surface area contributed by atoms with Crippen molar-refractivity contribution in [1.82, 2.24) is 19.5 Å². The summed E-state index contributed by atoms with van der Waals surface area (Å²) in [6, 6.07) is 0. The molecule has 0 spiro atoms. The molecule has 0 amide bonds. The lowest BCUT2D eigenvalue weighted by Crippen LogP contribution is -2.42. The van der Waals surface area contributed by atoms with E-state index in [2.05, 4.69) is 15.0 Å². The average molecular weight is 455 g/mol. The minimum absolute atomic E-state index is 0.00711. The number of halogens is 2. The van der Waals surface area contributed by atoms with Crippen molar-refractivity contribution in [1.29, 1.82) is 0 Å². The third-order valence-corrected chi connectivity index (χ3v) is 7.31. The molecule has 2 aliphatic heterocycles. The summed E-state index contributed by atoms with van der Waals surface area (Å²) in [6.45, 7) is 0.814. The summed E-state index contributed by atoms with van der Waals surface area (Å²) >= 11 is 18.7. The second-order valence-electron chi connectivity index (χ2n) is 6.42. The van der Waals surface area contributed by atoms with Gasteiger partial charge in [-0.2, -0.15) is 9.97 Å². The predicted molar refractivity (Wildman–Crippen MR) is 104 cm³/mol. The number of imidazole rings is 1. The van der Waals surface area contributed by atoms with Gasteiger partial charge < -0.3 is 25.3 Å². The van der Waals surface area contributed by atoms with E-state index >= 15 is 0 Å². The van der Waals surface area contributed by atoms with Crippen molar-refractivity contribution in [3.05, 3.63) is 6.33 Å². The zero-order valence-corrected chi connectivity index (χ0v) is 17.5. The molecular formula is C13H17Cl2N6O4PS. The van der Waals surface area contributed by atoms with Crippen molar-refractivity contribution in [2.75, 3.05) is 18.1 Å². The van der Waals surface area contributed by atoms with Gasteiger partial charge in [0.2, 0.25) is 5.95 Å². The van der Waals surface area contributed by atoms with Gasteiger partial charge in [0.1, 0.15) is 17.7 Å². The molecular weight excluding hydrogens is 438 g/mol. The van der Waals surface area contributed by atoms with Gasteiger partial charge in [-0.05, 0) is 25.7 Å². The molecule has 4 heterocycles. The number of rotatable bonds is 3. The Hall–Kier alpha value is -0.780. The van der Waals surface area contributed by atoms with Gasteiger partial charge >= 0.3 is 6.72 Å². The summed E-state index contributed by atoms with van der Waals surface area (Å²) in [4.78, 5) is 12.3. The normalized spacial score (nSPS) is 32.9. The molecule has 4 atom stereocenters. The molecule has 2 aromatic rings. The quantitative estimate of drug-likeness (QED) is 0.524. The van der Waals surface area contributed by atoms with E-state index in [0.29, 0.717) is 11.2 Å². The van der Waals surface area contributed by atoms with Crippen LogP contribution in [0.15, 0.2) is 6.33 Å². The van der Waals surface area contributed by atoms with Gasteiger partial charge in [-0.1, -0.05) is 23.2 Å². The Bertz CT molecular complexity index is 943. The van der Waals surface area contributed by atoms with Crippen LogP contribution in [0.2, 0.25) is 0 Å². The van der Waals surface area contributed by atoms with E-state index in [-0.39, 0.29) is 24.5 Å². The molecule has 0 bridgehead atoms. The van der Waals surface area contributed by atoms with Crippen molar-refractivity contribution in [3.63, 3.8) is 0 Å². The van der Waals surface area contributed by atoms with Crippen LogP contribution in [0.5, 0.6) is 0 Å². The van der Waals surface area contributed by atoms with Crippen LogP contribution < -0.4 is 11.5 Å². The van der Waals surface area contributed by atoms with E-state index in [1.807, 2.05) is 13.8 Å². The number of ether oxygens (including phenoxy) is 1. The van der Waals surface area contributed by atoms with Crippen LogP contribution in [0.3, 0.4) is 0 Å². The van der Waals surface area contributed by atoms with Gasteiger partial charge in [-0.15, -0.1) is 0 Å². The monoisotopic (exact) mass is 454 g/mol. The highest BCUT2D eigenvalue weighted by atomic mass is 35.5. The number of hydrogen-bond acceptors (Lipinski definition) is 10. The summed E-state index contributed by atoms with van der Waals surface area (Å²) < 4.78 is 23.2. The molecule has 0 aromatic carbocycles. The predicted octanol–water partition coefficient (Wildman–Crippen LogP) is 2.13. The lowest BCUT2D eigenvalue weighted by molar-refractivity contribution is -0.0632. The first-order chi connectivity index (χ1) is 12.6. The van der Waals surface area contributed by atoms with Crippen LogP contribution in [0.4, 0.5) is 11.8 Å². The maximum Gasteiger partial charge on any atom is 0.327 e. The molecule has 4 rings (SSSR count). The van der Waals surface area contributed by atoms with Crippen LogP contribution in [0.1, 0.15) is 20.1 Å². The fourth-order valence-electron chi connectivity index (χ4n) is 3.01. The summed E-state index contributed by atoms with van der Waals surface area (Å²) in [5.41, 5.74) is 12.2. The Morgan fingerprint density at radius 3 is 2.85 bits per heavy atom. The summed E-state index contributed by atoms with van der Waals surface area (Å²) in [5.74, 6) is 0.133. The number of aromatic nitrogens is 4. The third-order valence-electron chi connectivity index (χ3n) is 4.05. The van der Waals surface area contributed by atoms with Crippen LogP contribution >= 0.6 is 29.9 Å². The third kappa shape index (κ3) is 3.30. The Labute approximate surface area is 169 Å². The highest BCUT2D eigenvalue weighted by Crippen LogP contribution is 2.62. The number of fused-ring (bicyclic) bond motifs is 2. The molecule has 27 heavy (non-hydrogen) atoms. The molecule has 148 valence electrons. The molecule has 2 aliphatic rings. The van der Waals surface area contributed by atoms with Gasteiger partial charge in [-0.25, -0.2) is 4.98 Å². The maximum atomic E-state index is 6.66. The lowest BCUT2D eigenvalue weighted by atomic mass is 10.2. The largest absolute Gasteiger partial charge is 0.382 e. The second-order valence-corrected chi connectivity index (χ2v) is 10.8. The Morgan fingerprint density at radius 1 is 1.41 bits per heavy atom. The first kappa shape index (κ1) is 19.5. The Balaban J connectivity index is 1.70. The highest BCUT2D eigenvalue weighted by molar-refractivity contribution is 8.07. The van der Waals surface area contributed by atoms with Gasteiger partial charge in [0.05, 0.1) is 19.0 Å². The average Bonchev–Trinajstić information content (AvgIpc) is 3.05. The number of nitrogen functional groups attached to an aromatic ring is 2. The molecule has 10 nitrogen and oxygen atoms in total. The van der Waals surface area contributed by atoms with Crippen LogP contribution in [-0.4, -0.2) is 48.8 Å². The van der Waals surface area contributed by atoms with E-state index in [9.17, 15) is 0 Å². The van der Waals surface area contributed by atoms with Crippen molar-refractivity contribution in [2.24, 2.45) is 0 Å². The fraction of sp³-hybridized carbons (Fsp3) is 0.615. The number of nitrogens with two attached hydrogens (primary N) is 2. The van der Waals surface area contributed by atoms with Crippen LogP contribution in [0, 0.1) is 0 Å². The van der Waals surface area contributed by atoms with E-state index in [1.165, 1.54) is 10.9 Å². The van der Waals surface area contributed by atoms with E-state index in [4.69, 9.17) is 64.8 Å². The molecule has 4 N–H and O–H groups in total. The fourth-order valence-corrected chi connectivity index (χ4v) is 6.39. The number of hydrogen-bond donors (Lipinski definition) is 2. The molecule has 0 aliphatic carbocycles. The van der Waals surface area contributed by atoms with E-state index in [1.54, 1.807) is 0 Å². The van der Waals surface area contributed by atoms with Gasteiger partial charge in [0, 0.05) is 0 Å². The number of anilines is 2. The standard InChI is InChI=1S/C13H17Cl2N6O4PS/c1-5(2)24-26(27)22-3-6-8(25-26)13(14,15)11(23-6)21-4-18-7-9(16)19-12(17)20-10(7)21/h4-6,8,11H,3H2,1-2H3,(H4,16,17,19,20)/t6-,8-,11-,26+/m1/s1. The van der Waals surface area contributed by atoms with Gasteiger partial charge in [0.15, 0.2) is 22.0 Å². The van der Waals surface area contributed by atoms with Crippen molar-refractivity contribution < 1.29 is 18.3 Å². The maximum absolute atomic E-state index is 6.66. The van der Waals surface area contributed by atoms with Crippen molar-refractivity contribution in [2.45, 2.75) is 42.7 Å². The molecule has 2 aromatic heterocycles. The zero-order chi connectivity index (χ0) is 19.6. The molecule has 14 heteroatoms. The topological polar surface area (TPSA) is 133 Å². The molecule has 0 radical (unpaired) electrons. The van der Waals surface area contributed by atoms with Gasteiger partial charge in [-0.3, -0.25) is 9.09 Å². The van der Waals surface area contributed by atoms with Gasteiger partial charge in [0.25, 0.3) is 0 Å².